The highest BCUT2D eigenvalue weighted by Gasteiger charge is 2.16. The first-order valence-corrected chi connectivity index (χ1v) is 4.79. The van der Waals surface area contributed by atoms with Gasteiger partial charge in [-0.3, -0.25) is 0 Å². The summed E-state index contributed by atoms with van der Waals surface area (Å²) in [4.78, 5) is 0. The van der Waals surface area contributed by atoms with Crippen molar-refractivity contribution in [3.63, 3.8) is 0 Å². The lowest BCUT2D eigenvalue weighted by atomic mass is 10.0. The number of halogens is 3. The van der Waals surface area contributed by atoms with Gasteiger partial charge in [-0.25, -0.2) is 13.2 Å². The molecule has 0 saturated carbocycles. The summed E-state index contributed by atoms with van der Waals surface area (Å²) >= 11 is 0. The van der Waals surface area contributed by atoms with Crippen LogP contribution in [0.4, 0.5) is 24.5 Å². The third-order valence-corrected chi connectivity index (χ3v) is 2.41. The van der Waals surface area contributed by atoms with Crippen molar-refractivity contribution in [2.45, 2.75) is 0 Å². The number of rotatable bonds is 1. The molecule has 0 aliphatic carbocycles. The van der Waals surface area contributed by atoms with Crippen LogP contribution in [0.2, 0.25) is 0 Å². The van der Waals surface area contributed by atoms with E-state index in [0.717, 1.165) is 6.07 Å². The predicted molar refractivity (Wildman–Crippen MR) is 60.6 cm³/mol. The Morgan fingerprint density at radius 2 is 1.59 bits per heavy atom. The quantitative estimate of drug-likeness (QED) is 0.750. The number of hydrogen-bond donors (Lipinski definition) is 2. The molecule has 17 heavy (non-hydrogen) atoms. The molecule has 0 aliphatic heterocycles. The molecular weight excluding hydrogens is 229 g/mol. The second-order valence-electron chi connectivity index (χ2n) is 3.57. The van der Waals surface area contributed by atoms with Gasteiger partial charge in [0.25, 0.3) is 0 Å². The molecule has 0 radical (unpaired) electrons. The lowest BCUT2D eigenvalue weighted by Crippen LogP contribution is -2.02. The SMILES string of the molecule is Nc1cc(-c2cccc(F)c2)c(F)c(F)c1N. The van der Waals surface area contributed by atoms with Gasteiger partial charge >= 0.3 is 0 Å². The molecule has 2 aromatic rings. The zero-order valence-corrected chi connectivity index (χ0v) is 8.68. The molecule has 0 atom stereocenters. The molecule has 0 amide bonds. The lowest BCUT2D eigenvalue weighted by molar-refractivity contribution is 0.515. The van der Waals surface area contributed by atoms with Gasteiger partial charge in [0.15, 0.2) is 11.6 Å². The van der Waals surface area contributed by atoms with Crippen LogP contribution >= 0.6 is 0 Å². The molecule has 0 aromatic heterocycles. The molecule has 0 heterocycles. The average molecular weight is 238 g/mol. The van der Waals surface area contributed by atoms with Crippen molar-refractivity contribution < 1.29 is 13.2 Å². The maximum Gasteiger partial charge on any atom is 0.184 e. The fourth-order valence-corrected chi connectivity index (χ4v) is 1.53. The van der Waals surface area contributed by atoms with Gasteiger partial charge in [-0.2, -0.15) is 0 Å². The number of nitrogens with two attached hydrogens (primary N) is 2. The van der Waals surface area contributed by atoms with Crippen molar-refractivity contribution in [3.05, 3.63) is 47.8 Å². The Balaban J connectivity index is 2.68. The van der Waals surface area contributed by atoms with Crippen molar-refractivity contribution in [2.75, 3.05) is 11.5 Å². The largest absolute Gasteiger partial charge is 0.397 e. The molecule has 0 aliphatic rings. The molecule has 0 unspecified atom stereocenters. The maximum atomic E-state index is 13.6. The Morgan fingerprint density at radius 3 is 2.24 bits per heavy atom. The van der Waals surface area contributed by atoms with Gasteiger partial charge in [0.2, 0.25) is 0 Å². The smallest absolute Gasteiger partial charge is 0.184 e. The molecule has 2 rings (SSSR count). The fourth-order valence-electron chi connectivity index (χ4n) is 1.53. The lowest BCUT2D eigenvalue weighted by Gasteiger charge is -2.09. The number of nitrogen functional groups attached to an aromatic ring is 2. The second kappa shape index (κ2) is 4.01. The van der Waals surface area contributed by atoms with Crippen LogP contribution in [0.5, 0.6) is 0 Å². The van der Waals surface area contributed by atoms with Crippen LogP contribution in [0.1, 0.15) is 0 Å². The standard InChI is InChI=1S/C12H9F3N2/c13-7-3-1-2-6(4-7)8-5-9(16)12(17)11(15)10(8)14/h1-5H,16-17H2. The van der Waals surface area contributed by atoms with Gasteiger partial charge in [-0.05, 0) is 23.8 Å². The Labute approximate surface area is 95.7 Å². The molecule has 88 valence electrons. The Morgan fingerprint density at radius 1 is 0.882 bits per heavy atom. The zero-order chi connectivity index (χ0) is 12.6. The molecule has 0 bridgehead atoms. The van der Waals surface area contributed by atoms with Gasteiger partial charge in [0, 0.05) is 5.56 Å². The Bertz CT molecular complexity index is 582. The van der Waals surface area contributed by atoms with E-state index in [1.807, 2.05) is 0 Å². The molecular formula is C12H9F3N2. The first kappa shape index (κ1) is 11.3. The van der Waals surface area contributed by atoms with Crippen molar-refractivity contribution in [2.24, 2.45) is 0 Å². The van der Waals surface area contributed by atoms with E-state index < -0.39 is 23.1 Å². The highest BCUT2D eigenvalue weighted by Crippen LogP contribution is 2.31. The van der Waals surface area contributed by atoms with Crippen molar-refractivity contribution >= 4 is 11.4 Å². The topological polar surface area (TPSA) is 52.0 Å². The normalized spacial score (nSPS) is 10.5. The first-order valence-electron chi connectivity index (χ1n) is 4.79. The van der Waals surface area contributed by atoms with E-state index in [1.165, 1.54) is 24.3 Å². The van der Waals surface area contributed by atoms with Gasteiger partial charge in [-0.1, -0.05) is 12.1 Å². The van der Waals surface area contributed by atoms with Crippen molar-refractivity contribution in [3.8, 4) is 11.1 Å². The van der Waals surface area contributed by atoms with E-state index >= 15 is 0 Å². The van der Waals surface area contributed by atoms with Gasteiger partial charge in [0.1, 0.15) is 5.82 Å². The highest BCUT2D eigenvalue weighted by molar-refractivity contribution is 5.75. The van der Waals surface area contributed by atoms with Crippen LogP contribution in [0, 0.1) is 17.5 Å². The number of hydrogen-bond acceptors (Lipinski definition) is 2. The van der Waals surface area contributed by atoms with Crippen molar-refractivity contribution in [1.82, 2.24) is 0 Å². The van der Waals surface area contributed by atoms with Gasteiger partial charge < -0.3 is 11.5 Å². The third-order valence-electron chi connectivity index (χ3n) is 2.41. The van der Waals surface area contributed by atoms with E-state index in [4.69, 9.17) is 11.5 Å². The van der Waals surface area contributed by atoms with E-state index in [1.54, 1.807) is 0 Å². The monoisotopic (exact) mass is 238 g/mol. The predicted octanol–water partition coefficient (Wildman–Crippen LogP) is 2.94. The van der Waals surface area contributed by atoms with Crippen LogP contribution < -0.4 is 11.5 Å². The Kier molecular flexibility index (Phi) is 2.67. The van der Waals surface area contributed by atoms with E-state index in [2.05, 4.69) is 0 Å². The summed E-state index contributed by atoms with van der Waals surface area (Å²) in [5.41, 5.74) is 10.2. The number of anilines is 2. The fraction of sp³-hybridized carbons (Fsp3) is 0. The summed E-state index contributed by atoms with van der Waals surface area (Å²) in [5.74, 6) is -2.90. The molecule has 2 nitrogen and oxygen atoms in total. The number of benzene rings is 2. The molecule has 5 heteroatoms. The minimum atomic E-state index is -1.22. The molecule has 4 N–H and O–H groups in total. The summed E-state index contributed by atoms with van der Waals surface area (Å²) in [6, 6.07) is 6.33. The van der Waals surface area contributed by atoms with Crippen molar-refractivity contribution in [1.29, 1.82) is 0 Å². The average Bonchev–Trinajstić information content (AvgIpc) is 2.31. The molecule has 0 spiro atoms. The summed E-state index contributed by atoms with van der Waals surface area (Å²) < 4.78 is 40.0. The van der Waals surface area contributed by atoms with E-state index in [-0.39, 0.29) is 16.8 Å². The molecule has 0 fully saturated rings. The molecule has 2 aromatic carbocycles. The van der Waals surface area contributed by atoms with E-state index in [0.29, 0.717) is 0 Å². The minimum absolute atomic E-state index is 0.0804. The van der Waals surface area contributed by atoms with Crippen LogP contribution in [0.3, 0.4) is 0 Å². The summed E-state index contributed by atoms with van der Waals surface area (Å²) in [6.45, 7) is 0. The summed E-state index contributed by atoms with van der Waals surface area (Å²) in [7, 11) is 0. The maximum absolute atomic E-state index is 13.6. The third kappa shape index (κ3) is 1.91. The van der Waals surface area contributed by atoms with Crippen LogP contribution in [-0.4, -0.2) is 0 Å². The highest BCUT2D eigenvalue weighted by atomic mass is 19.2. The first-order chi connectivity index (χ1) is 8.00. The zero-order valence-electron chi connectivity index (χ0n) is 8.68. The van der Waals surface area contributed by atoms with Gasteiger partial charge in [-0.15, -0.1) is 0 Å². The second-order valence-corrected chi connectivity index (χ2v) is 3.57. The molecule has 0 saturated heterocycles. The van der Waals surface area contributed by atoms with Crippen LogP contribution in [-0.2, 0) is 0 Å². The van der Waals surface area contributed by atoms with Crippen LogP contribution in [0.15, 0.2) is 30.3 Å². The van der Waals surface area contributed by atoms with Crippen LogP contribution in [0.25, 0.3) is 11.1 Å². The van der Waals surface area contributed by atoms with E-state index in [9.17, 15) is 13.2 Å². The summed E-state index contributed by atoms with van der Waals surface area (Å²) in [5, 5.41) is 0. The summed E-state index contributed by atoms with van der Waals surface area (Å²) in [6.07, 6.45) is 0. The Hall–Kier alpha value is -2.17. The minimum Gasteiger partial charge on any atom is -0.397 e. The van der Waals surface area contributed by atoms with Gasteiger partial charge in [0.05, 0.1) is 11.4 Å².